The molecule has 1 aliphatic heterocycles. The van der Waals surface area contributed by atoms with Crippen molar-refractivity contribution in [1.82, 2.24) is 19.7 Å². The van der Waals surface area contributed by atoms with Gasteiger partial charge in [0.05, 0.1) is 6.04 Å². The van der Waals surface area contributed by atoms with Crippen molar-refractivity contribution in [2.75, 3.05) is 18.8 Å². The highest BCUT2D eigenvalue weighted by molar-refractivity contribution is 5.19. The van der Waals surface area contributed by atoms with Gasteiger partial charge in [0.25, 0.3) is 0 Å². The molecule has 1 aromatic carbocycles. The third-order valence-corrected chi connectivity index (χ3v) is 4.08. The summed E-state index contributed by atoms with van der Waals surface area (Å²) in [5, 5.41) is 4.33. The maximum atomic E-state index is 13.7. The van der Waals surface area contributed by atoms with Gasteiger partial charge in [-0.25, -0.2) is 13.5 Å². The van der Waals surface area contributed by atoms with Crippen molar-refractivity contribution in [3.63, 3.8) is 0 Å². The Morgan fingerprint density at radius 2 is 2.00 bits per heavy atom. The summed E-state index contributed by atoms with van der Waals surface area (Å²) in [5.74, 6) is 0.0871. The topological polar surface area (TPSA) is 60.0 Å². The number of hydrogen-bond acceptors (Lipinski definition) is 4. The van der Waals surface area contributed by atoms with Crippen molar-refractivity contribution in [2.45, 2.75) is 32.4 Å². The van der Waals surface area contributed by atoms with E-state index in [0.29, 0.717) is 23.9 Å². The number of nitrogen functional groups attached to an aromatic ring is 1. The van der Waals surface area contributed by atoms with Gasteiger partial charge in [0.15, 0.2) is 0 Å². The molecule has 0 aliphatic carbocycles. The zero-order valence-electron chi connectivity index (χ0n) is 12.5. The summed E-state index contributed by atoms with van der Waals surface area (Å²) in [7, 11) is 0. The third kappa shape index (κ3) is 3.09. The first-order valence-electron chi connectivity index (χ1n) is 7.38. The number of hydrogen-bond donors (Lipinski definition) is 1. The second kappa shape index (κ2) is 6.00. The molecule has 0 spiro atoms. The Morgan fingerprint density at radius 1 is 1.27 bits per heavy atom. The molecule has 7 heteroatoms. The fraction of sp³-hybridized carbons (Fsp3) is 0.467. The Hall–Kier alpha value is -2.02. The molecular weight excluding hydrogens is 288 g/mol. The molecule has 0 bridgehead atoms. The van der Waals surface area contributed by atoms with E-state index in [-0.39, 0.29) is 6.04 Å². The van der Waals surface area contributed by atoms with Gasteiger partial charge in [0, 0.05) is 31.3 Å². The molecule has 0 radical (unpaired) electrons. The highest BCUT2D eigenvalue weighted by atomic mass is 19.1. The number of nitrogens with two attached hydrogens (primary N) is 1. The van der Waals surface area contributed by atoms with Gasteiger partial charge in [-0.2, -0.15) is 10.1 Å². The smallest absolute Gasteiger partial charge is 0.218 e. The lowest BCUT2D eigenvalue weighted by Gasteiger charge is -2.32. The molecule has 22 heavy (non-hydrogen) atoms. The molecule has 0 amide bonds. The van der Waals surface area contributed by atoms with E-state index in [1.165, 1.54) is 12.1 Å². The zero-order valence-corrected chi connectivity index (χ0v) is 12.5. The van der Waals surface area contributed by atoms with Crippen LogP contribution in [0.3, 0.4) is 0 Å². The number of nitrogens with zero attached hydrogens (tertiary/aromatic N) is 4. The number of aryl methyl sites for hydroxylation is 1. The predicted octanol–water partition coefficient (Wildman–Crippen LogP) is 2.28. The molecule has 1 saturated heterocycles. The van der Waals surface area contributed by atoms with Gasteiger partial charge >= 0.3 is 0 Å². The first kappa shape index (κ1) is 14.9. The summed E-state index contributed by atoms with van der Waals surface area (Å²) >= 11 is 0. The van der Waals surface area contributed by atoms with Gasteiger partial charge in [0.1, 0.15) is 17.5 Å². The van der Waals surface area contributed by atoms with Crippen molar-refractivity contribution >= 4 is 5.95 Å². The van der Waals surface area contributed by atoms with Crippen LogP contribution in [0.1, 0.15) is 30.3 Å². The molecule has 0 atom stereocenters. The predicted molar refractivity (Wildman–Crippen MR) is 79.1 cm³/mol. The first-order valence-corrected chi connectivity index (χ1v) is 7.38. The number of aromatic nitrogens is 3. The summed E-state index contributed by atoms with van der Waals surface area (Å²) in [4.78, 5) is 6.28. The average molecular weight is 307 g/mol. The molecule has 0 saturated carbocycles. The van der Waals surface area contributed by atoms with Crippen LogP contribution in [0.5, 0.6) is 0 Å². The largest absolute Gasteiger partial charge is 0.368 e. The normalized spacial score (nSPS) is 17.0. The van der Waals surface area contributed by atoms with E-state index >= 15 is 0 Å². The van der Waals surface area contributed by atoms with Crippen molar-refractivity contribution in [2.24, 2.45) is 0 Å². The van der Waals surface area contributed by atoms with Crippen LogP contribution < -0.4 is 5.73 Å². The standard InChI is InChI=1S/C15H19F2N5/c1-10-19-15(18)22(20-10)13-4-6-21(7-5-13)9-11-2-3-12(16)8-14(11)17/h2-3,8,13H,4-7,9H2,1H3,(H2,18,19,20). The molecule has 1 aromatic heterocycles. The second-order valence-corrected chi connectivity index (χ2v) is 5.70. The van der Waals surface area contributed by atoms with Gasteiger partial charge in [-0.15, -0.1) is 0 Å². The lowest BCUT2D eigenvalue weighted by Crippen LogP contribution is -2.35. The van der Waals surface area contributed by atoms with Gasteiger partial charge in [0.2, 0.25) is 5.95 Å². The highest BCUT2D eigenvalue weighted by Crippen LogP contribution is 2.25. The van der Waals surface area contributed by atoms with Crippen LogP contribution in [0.2, 0.25) is 0 Å². The molecule has 2 heterocycles. The minimum absolute atomic E-state index is 0.232. The molecule has 2 N–H and O–H groups in total. The van der Waals surface area contributed by atoms with Gasteiger partial charge in [-0.1, -0.05) is 6.07 Å². The summed E-state index contributed by atoms with van der Waals surface area (Å²) in [5.41, 5.74) is 6.38. The number of benzene rings is 1. The van der Waals surface area contributed by atoms with Crippen LogP contribution in [0, 0.1) is 18.6 Å². The van der Waals surface area contributed by atoms with E-state index in [9.17, 15) is 8.78 Å². The van der Waals surface area contributed by atoms with Crippen molar-refractivity contribution in [3.8, 4) is 0 Å². The Morgan fingerprint density at radius 3 is 2.59 bits per heavy atom. The lowest BCUT2D eigenvalue weighted by atomic mass is 10.0. The quantitative estimate of drug-likeness (QED) is 0.945. The average Bonchev–Trinajstić information content (AvgIpc) is 2.82. The van der Waals surface area contributed by atoms with E-state index in [1.54, 1.807) is 4.68 Å². The molecule has 5 nitrogen and oxygen atoms in total. The van der Waals surface area contributed by atoms with E-state index < -0.39 is 11.6 Å². The van der Waals surface area contributed by atoms with E-state index in [4.69, 9.17) is 5.73 Å². The van der Waals surface area contributed by atoms with Crippen molar-refractivity contribution in [1.29, 1.82) is 0 Å². The molecule has 0 unspecified atom stereocenters. The fourth-order valence-corrected chi connectivity index (χ4v) is 2.93. The Balaban J connectivity index is 1.61. The van der Waals surface area contributed by atoms with Gasteiger partial charge in [-0.05, 0) is 25.8 Å². The number of rotatable bonds is 3. The SMILES string of the molecule is Cc1nc(N)n(C2CCN(Cc3ccc(F)cc3F)CC2)n1. The summed E-state index contributed by atoms with van der Waals surface area (Å²) in [6.45, 7) is 3.95. The van der Waals surface area contributed by atoms with Crippen LogP contribution in [0.15, 0.2) is 18.2 Å². The van der Waals surface area contributed by atoms with Crippen molar-refractivity contribution in [3.05, 3.63) is 41.2 Å². The number of halogens is 2. The molecule has 1 fully saturated rings. The third-order valence-electron chi connectivity index (χ3n) is 4.08. The molecule has 1 aliphatic rings. The summed E-state index contributed by atoms with van der Waals surface area (Å²) in [6.07, 6.45) is 1.77. The Bertz CT molecular complexity index is 662. The number of anilines is 1. The second-order valence-electron chi connectivity index (χ2n) is 5.70. The minimum Gasteiger partial charge on any atom is -0.368 e. The monoisotopic (exact) mass is 307 g/mol. The number of likely N-dealkylation sites (tertiary alicyclic amines) is 1. The summed E-state index contributed by atoms with van der Waals surface area (Å²) in [6, 6.07) is 3.97. The molecule has 118 valence electrons. The van der Waals surface area contributed by atoms with E-state index in [1.807, 2.05) is 6.92 Å². The lowest BCUT2D eigenvalue weighted by molar-refractivity contribution is 0.172. The van der Waals surface area contributed by atoms with Crippen LogP contribution in [0.25, 0.3) is 0 Å². The Labute approximate surface area is 127 Å². The maximum absolute atomic E-state index is 13.7. The highest BCUT2D eigenvalue weighted by Gasteiger charge is 2.23. The molecule has 2 aromatic rings. The van der Waals surface area contributed by atoms with Crippen LogP contribution in [-0.2, 0) is 6.54 Å². The Kier molecular flexibility index (Phi) is 4.06. The fourth-order valence-electron chi connectivity index (χ4n) is 2.93. The van der Waals surface area contributed by atoms with Crippen LogP contribution in [-0.4, -0.2) is 32.8 Å². The molecule has 3 rings (SSSR count). The van der Waals surface area contributed by atoms with Gasteiger partial charge < -0.3 is 5.73 Å². The maximum Gasteiger partial charge on any atom is 0.218 e. The van der Waals surface area contributed by atoms with E-state index in [0.717, 1.165) is 32.0 Å². The summed E-state index contributed by atoms with van der Waals surface area (Å²) < 4.78 is 28.4. The van der Waals surface area contributed by atoms with Gasteiger partial charge in [-0.3, -0.25) is 4.90 Å². The minimum atomic E-state index is -0.544. The van der Waals surface area contributed by atoms with E-state index in [2.05, 4.69) is 15.0 Å². The zero-order chi connectivity index (χ0) is 15.7. The number of piperidine rings is 1. The van der Waals surface area contributed by atoms with Crippen molar-refractivity contribution < 1.29 is 8.78 Å². The van der Waals surface area contributed by atoms with Crippen LogP contribution in [0.4, 0.5) is 14.7 Å². The first-order chi connectivity index (χ1) is 10.5. The van der Waals surface area contributed by atoms with Crippen LogP contribution >= 0.6 is 0 Å². The molecular formula is C15H19F2N5.